The molecule has 3 aromatic heterocycles. The first-order valence-electron chi connectivity index (χ1n) is 10.5. The van der Waals surface area contributed by atoms with E-state index in [9.17, 15) is 14.0 Å². The Hall–Kier alpha value is -4.54. The fourth-order valence-corrected chi connectivity index (χ4v) is 3.67. The first kappa shape index (κ1) is 23.6. The lowest BCUT2D eigenvalue weighted by Crippen LogP contribution is -2.27. The number of carbonyl (C=O) groups is 2. The van der Waals surface area contributed by atoms with Crippen LogP contribution in [-0.2, 0) is 4.74 Å². The quantitative estimate of drug-likeness (QED) is 0.461. The van der Waals surface area contributed by atoms with Crippen molar-refractivity contribution in [3.05, 3.63) is 65.6 Å². The van der Waals surface area contributed by atoms with Crippen molar-refractivity contribution in [2.45, 2.75) is 13.8 Å². The fourth-order valence-electron chi connectivity index (χ4n) is 3.67. The first-order valence-corrected chi connectivity index (χ1v) is 10.5. The second-order valence-electron chi connectivity index (χ2n) is 7.68. The minimum atomic E-state index is -0.621. The van der Waals surface area contributed by atoms with E-state index in [0.717, 1.165) is 11.3 Å². The molecule has 0 atom stereocenters. The number of ether oxygens (including phenoxy) is 2. The van der Waals surface area contributed by atoms with Crippen molar-refractivity contribution in [1.82, 2.24) is 19.4 Å². The number of benzene rings is 1. The Labute approximate surface area is 200 Å². The minimum Gasteiger partial charge on any atom is -0.494 e. The lowest BCUT2D eigenvalue weighted by molar-refractivity contribution is 0.0987. The molecule has 0 aliphatic rings. The molecular formula is C24H23FN6O4. The van der Waals surface area contributed by atoms with Gasteiger partial charge in [0.05, 0.1) is 31.3 Å². The molecule has 35 heavy (non-hydrogen) atoms. The number of nitrogens with zero attached hydrogens (tertiary/aromatic N) is 5. The van der Waals surface area contributed by atoms with Crippen molar-refractivity contribution in [1.29, 1.82) is 0 Å². The highest BCUT2D eigenvalue weighted by atomic mass is 19.1. The van der Waals surface area contributed by atoms with Gasteiger partial charge in [0.15, 0.2) is 17.2 Å². The van der Waals surface area contributed by atoms with Crippen molar-refractivity contribution < 1.29 is 23.5 Å². The standard InChI is InChI=1S/C24H23FN6O4/c1-13-21(15-6-9-20(26-11-15)29-24(33)35-5)31-12-18(27-14(2)22(31)28-13)23(32)30(3)16-7-8-17(25)19(10-16)34-4/h6-12H,1-5H3,(H,26,29,33). The van der Waals surface area contributed by atoms with Crippen LogP contribution in [0.1, 0.15) is 21.9 Å². The summed E-state index contributed by atoms with van der Waals surface area (Å²) in [5.41, 5.74) is 3.95. The van der Waals surface area contributed by atoms with Gasteiger partial charge in [-0.3, -0.25) is 14.5 Å². The number of hydrogen-bond acceptors (Lipinski definition) is 7. The van der Waals surface area contributed by atoms with Crippen LogP contribution in [0.15, 0.2) is 42.7 Å². The van der Waals surface area contributed by atoms with Gasteiger partial charge in [-0.15, -0.1) is 0 Å². The number of imidazole rings is 1. The van der Waals surface area contributed by atoms with Gasteiger partial charge >= 0.3 is 6.09 Å². The molecule has 1 N–H and O–H groups in total. The van der Waals surface area contributed by atoms with Crippen LogP contribution >= 0.6 is 0 Å². The van der Waals surface area contributed by atoms with Crippen molar-refractivity contribution in [2.24, 2.45) is 0 Å². The number of carbonyl (C=O) groups excluding carboxylic acids is 2. The lowest BCUT2D eigenvalue weighted by atomic mass is 10.2. The van der Waals surface area contributed by atoms with Gasteiger partial charge < -0.3 is 14.4 Å². The van der Waals surface area contributed by atoms with E-state index in [1.54, 1.807) is 42.9 Å². The molecule has 0 aliphatic carbocycles. The third-order valence-corrected chi connectivity index (χ3v) is 5.45. The lowest BCUT2D eigenvalue weighted by Gasteiger charge is -2.18. The SMILES string of the molecule is COC(=O)Nc1ccc(-c2c(C)nc3c(C)nc(C(=O)N(C)c4ccc(F)c(OC)c4)cn23)cn1. The second-order valence-corrected chi connectivity index (χ2v) is 7.68. The van der Waals surface area contributed by atoms with E-state index in [2.05, 4.69) is 25.0 Å². The second kappa shape index (κ2) is 9.37. The number of hydrogen-bond donors (Lipinski definition) is 1. The summed E-state index contributed by atoms with van der Waals surface area (Å²) in [5.74, 6) is -0.548. The number of aromatic nitrogens is 4. The zero-order chi connectivity index (χ0) is 25.3. The summed E-state index contributed by atoms with van der Waals surface area (Å²) in [6.45, 7) is 3.62. The van der Waals surface area contributed by atoms with E-state index in [-0.39, 0.29) is 11.4 Å². The Morgan fingerprint density at radius 2 is 1.86 bits per heavy atom. The molecular weight excluding hydrogens is 455 g/mol. The summed E-state index contributed by atoms with van der Waals surface area (Å²) in [7, 11) is 4.21. The maximum Gasteiger partial charge on any atom is 0.412 e. The highest BCUT2D eigenvalue weighted by molar-refractivity contribution is 6.04. The molecule has 11 heteroatoms. The average molecular weight is 478 g/mol. The average Bonchev–Trinajstić information content (AvgIpc) is 3.20. The van der Waals surface area contributed by atoms with Gasteiger partial charge in [0.25, 0.3) is 5.91 Å². The number of rotatable bonds is 5. The largest absolute Gasteiger partial charge is 0.494 e. The minimum absolute atomic E-state index is 0.0342. The Kier molecular flexibility index (Phi) is 6.32. The van der Waals surface area contributed by atoms with E-state index in [1.807, 2.05) is 6.92 Å². The van der Waals surface area contributed by atoms with Gasteiger partial charge in [0.1, 0.15) is 11.5 Å². The Morgan fingerprint density at radius 3 is 2.51 bits per heavy atom. The fraction of sp³-hybridized carbons (Fsp3) is 0.208. The molecule has 0 fully saturated rings. The number of aryl methyl sites for hydroxylation is 2. The molecule has 0 radical (unpaired) electrons. The van der Waals surface area contributed by atoms with Gasteiger partial charge in [-0.2, -0.15) is 0 Å². The Morgan fingerprint density at radius 1 is 1.09 bits per heavy atom. The van der Waals surface area contributed by atoms with E-state index in [0.29, 0.717) is 28.5 Å². The zero-order valence-electron chi connectivity index (χ0n) is 19.8. The molecule has 4 rings (SSSR count). The number of anilines is 2. The number of amides is 2. The number of methoxy groups -OCH3 is 2. The molecule has 0 bridgehead atoms. The molecule has 180 valence electrons. The Bertz CT molecular complexity index is 1430. The van der Waals surface area contributed by atoms with Crippen LogP contribution in [0.3, 0.4) is 0 Å². The molecule has 1 aromatic carbocycles. The van der Waals surface area contributed by atoms with Crippen LogP contribution in [0.2, 0.25) is 0 Å². The van der Waals surface area contributed by atoms with Crippen LogP contribution in [0.4, 0.5) is 20.7 Å². The van der Waals surface area contributed by atoms with Crippen molar-refractivity contribution in [3.8, 4) is 17.0 Å². The molecule has 3 heterocycles. The number of pyridine rings is 1. The van der Waals surface area contributed by atoms with Gasteiger partial charge in [-0.05, 0) is 38.1 Å². The molecule has 0 spiro atoms. The molecule has 2 amide bonds. The van der Waals surface area contributed by atoms with Crippen molar-refractivity contribution in [3.63, 3.8) is 0 Å². The van der Waals surface area contributed by atoms with Crippen LogP contribution in [0.25, 0.3) is 16.9 Å². The van der Waals surface area contributed by atoms with Gasteiger partial charge in [0.2, 0.25) is 0 Å². The normalized spacial score (nSPS) is 10.8. The topological polar surface area (TPSA) is 111 Å². The molecule has 0 saturated heterocycles. The zero-order valence-corrected chi connectivity index (χ0v) is 19.8. The number of fused-ring (bicyclic) bond motifs is 1. The van der Waals surface area contributed by atoms with Crippen LogP contribution in [0, 0.1) is 19.7 Å². The summed E-state index contributed by atoms with van der Waals surface area (Å²) in [4.78, 5) is 39.4. The molecule has 10 nitrogen and oxygen atoms in total. The summed E-state index contributed by atoms with van der Waals surface area (Å²) >= 11 is 0. The molecule has 0 saturated carbocycles. The number of halogens is 1. The van der Waals surface area contributed by atoms with Crippen molar-refractivity contribution >= 4 is 29.2 Å². The number of nitrogens with one attached hydrogen (secondary N) is 1. The highest BCUT2D eigenvalue weighted by Crippen LogP contribution is 2.28. The van der Waals surface area contributed by atoms with Gasteiger partial charge in [-0.25, -0.2) is 24.1 Å². The smallest absolute Gasteiger partial charge is 0.412 e. The monoisotopic (exact) mass is 478 g/mol. The maximum absolute atomic E-state index is 13.8. The third-order valence-electron chi connectivity index (χ3n) is 5.45. The summed E-state index contributed by atoms with van der Waals surface area (Å²) in [6.07, 6.45) is 2.58. The molecule has 4 aromatic rings. The van der Waals surface area contributed by atoms with Crippen molar-refractivity contribution in [2.75, 3.05) is 31.5 Å². The van der Waals surface area contributed by atoms with Crippen LogP contribution < -0.4 is 15.0 Å². The Balaban J connectivity index is 1.73. The predicted octanol–water partition coefficient (Wildman–Crippen LogP) is 4.01. The predicted molar refractivity (Wildman–Crippen MR) is 127 cm³/mol. The van der Waals surface area contributed by atoms with E-state index in [4.69, 9.17) is 4.74 Å². The molecule has 0 unspecified atom stereocenters. The third kappa shape index (κ3) is 4.47. The van der Waals surface area contributed by atoms with Crippen LogP contribution in [0.5, 0.6) is 5.75 Å². The highest BCUT2D eigenvalue weighted by Gasteiger charge is 2.21. The van der Waals surface area contributed by atoms with Gasteiger partial charge in [-0.1, -0.05) is 0 Å². The summed E-state index contributed by atoms with van der Waals surface area (Å²) in [5, 5.41) is 2.50. The van der Waals surface area contributed by atoms with Gasteiger partial charge in [0, 0.05) is 36.8 Å². The van der Waals surface area contributed by atoms with E-state index < -0.39 is 17.8 Å². The molecule has 0 aliphatic heterocycles. The van der Waals surface area contributed by atoms with E-state index >= 15 is 0 Å². The van der Waals surface area contributed by atoms with E-state index in [1.165, 1.54) is 37.3 Å². The van der Waals surface area contributed by atoms with Crippen LogP contribution in [-0.4, -0.2) is 52.6 Å². The summed E-state index contributed by atoms with van der Waals surface area (Å²) in [6, 6.07) is 7.59. The summed E-state index contributed by atoms with van der Waals surface area (Å²) < 4.78 is 25.2. The first-order chi connectivity index (χ1) is 16.7. The maximum atomic E-state index is 13.8.